The molecule has 0 spiro atoms. The first-order valence-electron chi connectivity index (χ1n) is 9.29. The van der Waals surface area contributed by atoms with Gasteiger partial charge in [0.2, 0.25) is 0 Å². The summed E-state index contributed by atoms with van der Waals surface area (Å²) in [6.07, 6.45) is 6.31. The van der Waals surface area contributed by atoms with Crippen molar-refractivity contribution in [3.05, 3.63) is 12.7 Å². The van der Waals surface area contributed by atoms with Crippen molar-refractivity contribution in [1.82, 2.24) is 24.8 Å². The van der Waals surface area contributed by atoms with Crippen LogP contribution in [-0.4, -0.2) is 84.6 Å². The molecule has 1 saturated heterocycles. The fourth-order valence-electron chi connectivity index (χ4n) is 3.51. The molecule has 0 aliphatic carbocycles. The molecule has 1 aliphatic heterocycles. The minimum Gasteiger partial charge on any atom is -0.395 e. The van der Waals surface area contributed by atoms with E-state index >= 15 is 0 Å². The van der Waals surface area contributed by atoms with E-state index in [-0.39, 0.29) is 12.6 Å². The summed E-state index contributed by atoms with van der Waals surface area (Å²) in [5, 5.41) is 32.4. The minimum absolute atomic E-state index is 0.122. The van der Waals surface area contributed by atoms with E-state index < -0.39 is 12.2 Å². The average molecular weight is 364 g/mol. The summed E-state index contributed by atoms with van der Waals surface area (Å²) < 4.78 is 0. The van der Waals surface area contributed by atoms with Gasteiger partial charge < -0.3 is 25.6 Å². The van der Waals surface area contributed by atoms with Crippen molar-refractivity contribution < 1.29 is 15.3 Å². The molecule has 1 fully saturated rings. The van der Waals surface area contributed by atoms with Crippen LogP contribution < -0.4 is 5.32 Å². The van der Waals surface area contributed by atoms with Crippen molar-refractivity contribution in [3.8, 4) is 0 Å². The highest BCUT2D eigenvalue weighted by Gasteiger charge is 2.34. The van der Waals surface area contributed by atoms with Crippen molar-refractivity contribution in [2.45, 2.75) is 50.4 Å². The smallest absolute Gasteiger partial charge is 0.182 e. The number of aromatic nitrogens is 4. The zero-order valence-electron chi connectivity index (χ0n) is 14.9. The number of nitrogens with zero attached hydrogens (tertiary/aromatic N) is 4. The number of aliphatic hydroxyl groups excluding tert-OH is 3. The van der Waals surface area contributed by atoms with Gasteiger partial charge in [-0.25, -0.2) is 15.0 Å². The summed E-state index contributed by atoms with van der Waals surface area (Å²) in [4.78, 5) is 17.6. The lowest BCUT2D eigenvalue weighted by molar-refractivity contribution is -0.0896. The van der Waals surface area contributed by atoms with Gasteiger partial charge in [-0.05, 0) is 25.8 Å². The maximum Gasteiger partial charge on any atom is 0.182 e. The second-order valence-electron chi connectivity index (χ2n) is 6.80. The van der Waals surface area contributed by atoms with E-state index in [1.54, 1.807) is 6.33 Å². The number of nitrogens with one attached hydrogen (secondary N) is 2. The number of likely N-dealkylation sites (tertiary alicyclic amines) is 1. The Kier molecular flexibility index (Phi) is 6.73. The molecule has 2 aromatic rings. The van der Waals surface area contributed by atoms with Crippen LogP contribution in [0.15, 0.2) is 12.7 Å². The molecule has 26 heavy (non-hydrogen) atoms. The van der Waals surface area contributed by atoms with Crippen molar-refractivity contribution in [2.24, 2.45) is 0 Å². The fourth-order valence-corrected chi connectivity index (χ4v) is 3.51. The maximum atomic E-state index is 9.97. The zero-order chi connectivity index (χ0) is 18.4. The molecule has 2 aromatic heterocycles. The normalized spacial score (nSPS) is 24.2. The molecule has 0 amide bonds. The Labute approximate surface area is 152 Å². The lowest BCUT2D eigenvalue weighted by Crippen LogP contribution is -2.56. The van der Waals surface area contributed by atoms with Gasteiger partial charge in [0.25, 0.3) is 0 Å². The van der Waals surface area contributed by atoms with Crippen LogP contribution >= 0.6 is 0 Å². The van der Waals surface area contributed by atoms with Gasteiger partial charge >= 0.3 is 0 Å². The lowest BCUT2D eigenvalue weighted by atomic mass is 9.96. The van der Waals surface area contributed by atoms with Crippen LogP contribution in [-0.2, 0) is 0 Å². The van der Waals surface area contributed by atoms with Crippen LogP contribution in [0.2, 0.25) is 0 Å². The van der Waals surface area contributed by atoms with Gasteiger partial charge in [0.05, 0.1) is 31.2 Å². The number of imidazole rings is 1. The van der Waals surface area contributed by atoms with Crippen LogP contribution in [0, 0.1) is 0 Å². The minimum atomic E-state index is -0.856. The molecule has 9 heteroatoms. The van der Waals surface area contributed by atoms with Gasteiger partial charge in [-0.2, -0.15) is 0 Å². The molecular formula is C17H28N6O3. The lowest BCUT2D eigenvalue weighted by Gasteiger charge is -2.40. The Hall–Kier alpha value is -1.81. The molecule has 0 radical (unpaired) electrons. The first-order valence-corrected chi connectivity index (χ1v) is 9.29. The molecule has 3 rings (SSSR count). The highest BCUT2D eigenvalue weighted by Crippen LogP contribution is 2.19. The molecule has 5 N–H and O–H groups in total. The van der Waals surface area contributed by atoms with Crippen LogP contribution in [0.3, 0.4) is 0 Å². The highest BCUT2D eigenvalue weighted by molar-refractivity contribution is 5.81. The third-order valence-electron chi connectivity index (χ3n) is 5.04. The predicted octanol–water partition coefficient (Wildman–Crippen LogP) is 0.114. The summed E-state index contributed by atoms with van der Waals surface area (Å²) in [5.74, 6) is 0.777. The number of hydrogen-bond acceptors (Lipinski definition) is 8. The van der Waals surface area contributed by atoms with Gasteiger partial charge in [0.15, 0.2) is 11.5 Å². The van der Waals surface area contributed by atoms with E-state index in [4.69, 9.17) is 0 Å². The van der Waals surface area contributed by atoms with Gasteiger partial charge in [-0.1, -0.05) is 12.8 Å². The molecule has 144 valence electrons. The second kappa shape index (κ2) is 9.22. The Morgan fingerprint density at radius 3 is 2.85 bits per heavy atom. The van der Waals surface area contributed by atoms with Crippen LogP contribution in [0.4, 0.5) is 5.82 Å². The maximum absolute atomic E-state index is 9.97. The number of aliphatic hydroxyl groups is 3. The monoisotopic (exact) mass is 364 g/mol. The van der Waals surface area contributed by atoms with E-state index in [0.717, 1.165) is 56.7 Å². The fraction of sp³-hybridized carbons (Fsp3) is 0.706. The summed E-state index contributed by atoms with van der Waals surface area (Å²) in [6.45, 7) is 2.27. The van der Waals surface area contributed by atoms with Crippen LogP contribution in [0.1, 0.15) is 32.1 Å². The molecule has 0 aromatic carbocycles. The van der Waals surface area contributed by atoms with Crippen molar-refractivity contribution in [1.29, 1.82) is 0 Å². The molecule has 3 atom stereocenters. The van der Waals surface area contributed by atoms with Crippen molar-refractivity contribution >= 4 is 17.0 Å². The third-order valence-corrected chi connectivity index (χ3v) is 5.04. The first kappa shape index (κ1) is 19.0. The number of anilines is 1. The quantitative estimate of drug-likeness (QED) is 0.397. The summed E-state index contributed by atoms with van der Waals surface area (Å²) in [7, 11) is 0. The van der Waals surface area contributed by atoms with E-state index in [1.807, 2.05) is 0 Å². The highest BCUT2D eigenvalue weighted by atomic mass is 16.3. The number of piperidine rings is 1. The van der Waals surface area contributed by atoms with Crippen molar-refractivity contribution in [2.75, 3.05) is 31.6 Å². The van der Waals surface area contributed by atoms with Gasteiger partial charge in [0, 0.05) is 13.1 Å². The molecule has 1 aliphatic rings. The average Bonchev–Trinajstić information content (AvgIpc) is 3.13. The summed E-state index contributed by atoms with van der Waals surface area (Å²) in [6, 6.07) is -0.352. The summed E-state index contributed by atoms with van der Waals surface area (Å²) >= 11 is 0. The Bertz CT molecular complexity index is 681. The first-order chi connectivity index (χ1) is 12.7. The topological polar surface area (TPSA) is 130 Å². The Morgan fingerprint density at radius 1 is 1.15 bits per heavy atom. The van der Waals surface area contributed by atoms with Gasteiger partial charge in [-0.15, -0.1) is 0 Å². The van der Waals surface area contributed by atoms with Gasteiger partial charge in [0.1, 0.15) is 11.8 Å². The number of H-pyrrole nitrogens is 1. The standard InChI is InChI=1S/C17H28N6O3/c24-9-12-15(26)13(25)5-8-23(12)7-4-2-1-3-6-18-16-14-17(20-10-19-14)22-11-21-16/h10-13,15,24-26H,1-9H2,(H2,18,19,20,21,22)/t12-,13-,15-/m1/s1. The van der Waals surface area contributed by atoms with E-state index in [2.05, 4.69) is 30.2 Å². The molecule has 0 unspecified atom stereocenters. The number of fused-ring (bicyclic) bond motifs is 1. The zero-order valence-corrected chi connectivity index (χ0v) is 14.9. The second-order valence-corrected chi connectivity index (χ2v) is 6.80. The van der Waals surface area contributed by atoms with Crippen molar-refractivity contribution in [3.63, 3.8) is 0 Å². The van der Waals surface area contributed by atoms with Crippen LogP contribution in [0.25, 0.3) is 11.2 Å². The number of rotatable bonds is 9. The SMILES string of the molecule is OC[C@@H]1[C@@H](O)[C@H](O)CCN1CCCCCCNc1ncnc2nc[nH]c12. The Balaban J connectivity index is 1.32. The molecule has 9 nitrogen and oxygen atoms in total. The van der Waals surface area contributed by atoms with E-state index in [0.29, 0.717) is 12.1 Å². The van der Waals surface area contributed by atoms with E-state index in [9.17, 15) is 15.3 Å². The molecular weight excluding hydrogens is 336 g/mol. The van der Waals surface area contributed by atoms with Gasteiger partial charge in [-0.3, -0.25) is 4.90 Å². The largest absolute Gasteiger partial charge is 0.395 e. The number of aromatic amines is 1. The van der Waals surface area contributed by atoms with Crippen LogP contribution in [0.5, 0.6) is 0 Å². The Morgan fingerprint density at radius 2 is 2.00 bits per heavy atom. The number of hydrogen-bond donors (Lipinski definition) is 5. The summed E-state index contributed by atoms with van der Waals surface area (Å²) in [5.41, 5.74) is 1.49. The third kappa shape index (κ3) is 4.47. The van der Waals surface area contributed by atoms with E-state index in [1.165, 1.54) is 6.33 Å². The molecule has 0 saturated carbocycles. The predicted molar refractivity (Wildman–Crippen MR) is 97.7 cm³/mol. The number of unbranched alkanes of at least 4 members (excludes halogenated alkanes) is 3. The molecule has 0 bridgehead atoms. The molecule has 3 heterocycles.